The summed E-state index contributed by atoms with van der Waals surface area (Å²) in [5.41, 5.74) is 1.88. The fourth-order valence-electron chi connectivity index (χ4n) is 4.29. The minimum Gasteiger partial charge on any atom is -0.493 e. The van der Waals surface area contributed by atoms with Crippen LogP contribution in [0.15, 0.2) is 66.7 Å². The van der Waals surface area contributed by atoms with Gasteiger partial charge in [-0.25, -0.2) is 26.3 Å². The van der Waals surface area contributed by atoms with Gasteiger partial charge in [0.15, 0.2) is 17.5 Å². The molecule has 4 aromatic carbocycles. The molecule has 4 rings (SSSR count). The molecule has 7 heteroatoms. The highest BCUT2D eigenvalue weighted by Crippen LogP contribution is 2.33. The molecule has 1 atom stereocenters. The van der Waals surface area contributed by atoms with Crippen molar-refractivity contribution in [3.05, 3.63) is 113 Å². The molecule has 37 heavy (non-hydrogen) atoms. The Labute approximate surface area is 211 Å². The van der Waals surface area contributed by atoms with E-state index in [1.54, 1.807) is 0 Å². The number of rotatable bonds is 8. The first kappa shape index (κ1) is 26.3. The number of aryl methyl sites for hydroxylation is 1. The molecule has 0 spiro atoms. The second kappa shape index (κ2) is 11.1. The summed E-state index contributed by atoms with van der Waals surface area (Å²) >= 11 is 0. The molecule has 0 aromatic heterocycles. The Morgan fingerprint density at radius 3 is 1.81 bits per heavy atom. The van der Waals surface area contributed by atoms with Crippen LogP contribution >= 0.6 is 0 Å². The van der Waals surface area contributed by atoms with Crippen molar-refractivity contribution in [2.45, 2.75) is 32.6 Å². The van der Waals surface area contributed by atoms with Crippen molar-refractivity contribution in [1.82, 2.24) is 0 Å². The molecule has 0 aliphatic heterocycles. The first-order valence-corrected chi connectivity index (χ1v) is 11.8. The van der Waals surface area contributed by atoms with Crippen LogP contribution in [0.4, 0.5) is 26.3 Å². The highest BCUT2D eigenvalue weighted by atomic mass is 19.2. The summed E-state index contributed by atoms with van der Waals surface area (Å²) in [6.45, 7) is 3.79. The van der Waals surface area contributed by atoms with Crippen LogP contribution in [0.2, 0.25) is 0 Å². The Morgan fingerprint density at radius 1 is 0.649 bits per heavy atom. The van der Waals surface area contributed by atoms with E-state index in [0.717, 1.165) is 11.6 Å². The SMILES string of the molecule is CCC(CCOc1ccc(-c2cc(F)c(F)c(F)c2)c(F)c1)c1c(F)cc(-c2ccc(C)cc2)cc1F. The van der Waals surface area contributed by atoms with Crippen LogP contribution in [0.25, 0.3) is 22.3 Å². The first-order valence-electron chi connectivity index (χ1n) is 11.8. The summed E-state index contributed by atoms with van der Waals surface area (Å²) in [5, 5.41) is 0. The molecule has 1 unspecified atom stereocenters. The van der Waals surface area contributed by atoms with Crippen molar-refractivity contribution >= 4 is 0 Å². The standard InChI is InChI=1S/C30H24F6O/c1-3-18(29-25(32)12-20(13-26(29)33)19-6-4-17(2)5-7-19)10-11-37-22-8-9-23(24(31)16-22)21-14-27(34)30(36)28(35)15-21/h4-9,12-16,18H,3,10-11H2,1-2H3. The second-order valence-corrected chi connectivity index (χ2v) is 8.86. The molecular weight excluding hydrogens is 490 g/mol. The van der Waals surface area contributed by atoms with Crippen molar-refractivity contribution in [3.63, 3.8) is 0 Å². The molecule has 0 aliphatic carbocycles. The molecule has 0 aliphatic rings. The van der Waals surface area contributed by atoms with E-state index < -0.39 is 40.8 Å². The van der Waals surface area contributed by atoms with E-state index in [1.165, 1.54) is 24.3 Å². The van der Waals surface area contributed by atoms with Gasteiger partial charge in [-0.15, -0.1) is 0 Å². The largest absolute Gasteiger partial charge is 0.493 e. The summed E-state index contributed by atoms with van der Waals surface area (Å²) < 4.78 is 90.4. The number of benzene rings is 4. The lowest BCUT2D eigenvalue weighted by Crippen LogP contribution is -2.09. The minimum atomic E-state index is -1.63. The van der Waals surface area contributed by atoms with Gasteiger partial charge in [0.1, 0.15) is 23.2 Å². The first-order chi connectivity index (χ1) is 17.7. The summed E-state index contributed by atoms with van der Waals surface area (Å²) in [5.74, 6) is -6.92. The van der Waals surface area contributed by atoms with E-state index in [1.807, 2.05) is 38.1 Å². The van der Waals surface area contributed by atoms with Gasteiger partial charge < -0.3 is 4.74 Å². The van der Waals surface area contributed by atoms with Gasteiger partial charge in [-0.05, 0) is 78.8 Å². The summed E-state index contributed by atoms with van der Waals surface area (Å²) in [6, 6.07) is 15.1. The third-order valence-electron chi connectivity index (χ3n) is 6.34. The number of hydrogen-bond acceptors (Lipinski definition) is 1. The van der Waals surface area contributed by atoms with Crippen molar-refractivity contribution in [3.8, 4) is 28.0 Å². The summed E-state index contributed by atoms with van der Waals surface area (Å²) in [7, 11) is 0. The second-order valence-electron chi connectivity index (χ2n) is 8.86. The summed E-state index contributed by atoms with van der Waals surface area (Å²) in [6.07, 6.45) is 0.724. The molecule has 1 nitrogen and oxygen atoms in total. The fourth-order valence-corrected chi connectivity index (χ4v) is 4.29. The molecular formula is C30H24F6O. The lowest BCUT2D eigenvalue weighted by Gasteiger charge is -2.18. The van der Waals surface area contributed by atoms with E-state index in [-0.39, 0.29) is 35.5 Å². The quantitative estimate of drug-likeness (QED) is 0.168. The van der Waals surface area contributed by atoms with Gasteiger partial charge in [0.05, 0.1) is 6.61 Å². The highest BCUT2D eigenvalue weighted by Gasteiger charge is 2.21. The van der Waals surface area contributed by atoms with E-state index in [9.17, 15) is 26.3 Å². The lowest BCUT2D eigenvalue weighted by molar-refractivity contribution is 0.291. The van der Waals surface area contributed by atoms with Crippen LogP contribution in [-0.2, 0) is 0 Å². The van der Waals surface area contributed by atoms with Gasteiger partial charge in [0.25, 0.3) is 0 Å². The molecule has 0 saturated heterocycles. The molecule has 0 saturated carbocycles. The van der Waals surface area contributed by atoms with Crippen LogP contribution in [0.5, 0.6) is 5.75 Å². The van der Waals surface area contributed by atoms with Crippen molar-refractivity contribution < 1.29 is 31.1 Å². The van der Waals surface area contributed by atoms with E-state index in [0.29, 0.717) is 29.7 Å². The third-order valence-corrected chi connectivity index (χ3v) is 6.34. The highest BCUT2D eigenvalue weighted by molar-refractivity contribution is 5.66. The monoisotopic (exact) mass is 514 g/mol. The average molecular weight is 515 g/mol. The van der Waals surface area contributed by atoms with Crippen molar-refractivity contribution in [2.75, 3.05) is 6.61 Å². The molecule has 0 amide bonds. The maximum absolute atomic E-state index is 15.0. The maximum Gasteiger partial charge on any atom is 0.194 e. The van der Waals surface area contributed by atoms with Crippen LogP contribution in [0.3, 0.4) is 0 Å². The van der Waals surface area contributed by atoms with Crippen LogP contribution < -0.4 is 4.74 Å². The van der Waals surface area contributed by atoms with E-state index >= 15 is 0 Å². The zero-order valence-electron chi connectivity index (χ0n) is 20.2. The van der Waals surface area contributed by atoms with Crippen LogP contribution in [-0.4, -0.2) is 6.61 Å². The zero-order chi connectivity index (χ0) is 26.7. The lowest BCUT2D eigenvalue weighted by atomic mass is 9.90. The Hall–Kier alpha value is -3.74. The fraction of sp³-hybridized carbons (Fsp3) is 0.200. The Kier molecular flexibility index (Phi) is 7.91. The predicted molar refractivity (Wildman–Crippen MR) is 131 cm³/mol. The Balaban J connectivity index is 1.46. The molecule has 0 N–H and O–H groups in total. The molecule has 0 radical (unpaired) electrons. The van der Waals surface area contributed by atoms with Gasteiger partial charge in [-0.2, -0.15) is 0 Å². The molecule has 0 bridgehead atoms. The summed E-state index contributed by atoms with van der Waals surface area (Å²) in [4.78, 5) is 0. The van der Waals surface area contributed by atoms with E-state index in [4.69, 9.17) is 4.74 Å². The Morgan fingerprint density at radius 2 is 1.24 bits per heavy atom. The minimum absolute atomic E-state index is 0.0242. The van der Waals surface area contributed by atoms with Gasteiger partial charge in [0, 0.05) is 17.2 Å². The van der Waals surface area contributed by atoms with Gasteiger partial charge in [-0.3, -0.25) is 0 Å². The van der Waals surface area contributed by atoms with Gasteiger partial charge in [-0.1, -0.05) is 36.8 Å². The number of hydrogen-bond donors (Lipinski definition) is 0. The van der Waals surface area contributed by atoms with E-state index in [2.05, 4.69) is 0 Å². The maximum atomic E-state index is 15.0. The van der Waals surface area contributed by atoms with Crippen LogP contribution in [0.1, 0.15) is 36.8 Å². The van der Waals surface area contributed by atoms with Crippen LogP contribution in [0, 0.1) is 41.8 Å². The zero-order valence-corrected chi connectivity index (χ0v) is 20.2. The Bertz CT molecular complexity index is 1370. The molecule has 0 fully saturated rings. The van der Waals surface area contributed by atoms with Gasteiger partial charge >= 0.3 is 0 Å². The smallest absolute Gasteiger partial charge is 0.194 e. The third kappa shape index (κ3) is 5.82. The van der Waals surface area contributed by atoms with Crippen molar-refractivity contribution in [1.29, 1.82) is 0 Å². The normalized spacial score (nSPS) is 12.0. The molecule has 0 heterocycles. The van der Waals surface area contributed by atoms with Gasteiger partial charge in [0.2, 0.25) is 0 Å². The number of ether oxygens (including phenoxy) is 1. The number of halogens is 6. The predicted octanol–water partition coefficient (Wildman–Crippen LogP) is 9.13. The molecule has 4 aromatic rings. The topological polar surface area (TPSA) is 9.23 Å². The van der Waals surface area contributed by atoms with Crippen molar-refractivity contribution in [2.24, 2.45) is 0 Å². The molecule has 192 valence electrons. The average Bonchev–Trinajstić information content (AvgIpc) is 2.86.